The van der Waals surface area contributed by atoms with Gasteiger partial charge in [0.1, 0.15) is 11.1 Å². The molecule has 0 atom stereocenters. The first-order valence-electron chi connectivity index (χ1n) is 9.94. The highest BCUT2D eigenvalue weighted by Gasteiger charge is 2.20. The quantitative estimate of drug-likeness (QED) is 0.325. The molecule has 2 fully saturated rings. The predicted molar refractivity (Wildman–Crippen MR) is 96.3 cm³/mol. The third-order valence-electron chi connectivity index (χ3n) is 5.26. The van der Waals surface area contributed by atoms with Crippen molar-refractivity contribution < 1.29 is 32.7 Å². The van der Waals surface area contributed by atoms with Gasteiger partial charge in [-0.15, -0.1) is 0 Å². The summed E-state index contributed by atoms with van der Waals surface area (Å²) < 4.78 is 26.1. The van der Waals surface area contributed by atoms with E-state index in [-0.39, 0.29) is 24.0 Å². The summed E-state index contributed by atoms with van der Waals surface area (Å²) in [5.41, 5.74) is 3.78. The Hall–Kier alpha value is -1.56. The maximum Gasteiger partial charge on any atom is 0.214 e. The second-order valence-electron chi connectivity index (χ2n) is 6.65. The highest BCUT2D eigenvalue weighted by Crippen LogP contribution is 2.28. The van der Waals surface area contributed by atoms with E-state index < -0.39 is 6.98 Å². The Morgan fingerprint density at radius 3 is 1.67 bits per heavy atom. The van der Waals surface area contributed by atoms with E-state index in [2.05, 4.69) is 28.0 Å². The molecule has 1 aromatic heterocycles. The highest BCUT2D eigenvalue weighted by molar-refractivity contribution is 5.91. The third-order valence-corrected chi connectivity index (χ3v) is 5.26. The van der Waals surface area contributed by atoms with Crippen LogP contribution in [0.5, 0.6) is 0 Å². The summed E-state index contributed by atoms with van der Waals surface area (Å²) in [6.45, 7) is 1.97. The van der Waals surface area contributed by atoms with Gasteiger partial charge in [-0.3, -0.25) is 0 Å². The SMILES string of the molecule is [2H]C([2H])([2H])[n+]1c2cc(N3CCC3)ccc2cc2ccc(N3CCC3)cc21.[I-]. The van der Waals surface area contributed by atoms with Crippen LogP contribution in [0.4, 0.5) is 11.4 Å². The number of anilines is 2. The summed E-state index contributed by atoms with van der Waals surface area (Å²) in [5, 5.41) is 1.93. The second kappa shape index (κ2) is 6.06. The maximum atomic E-state index is 8.18. The summed E-state index contributed by atoms with van der Waals surface area (Å²) in [5.74, 6) is 0. The fraction of sp³-hybridized carbons (Fsp3) is 0.350. The number of aromatic nitrogens is 1. The predicted octanol–water partition coefficient (Wildman–Crippen LogP) is 0.242. The fourth-order valence-electron chi connectivity index (χ4n) is 3.54. The van der Waals surface area contributed by atoms with E-state index in [4.69, 9.17) is 4.11 Å². The largest absolute Gasteiger partial charge is 1.00 e. The molecule has 0 bridgehead atoms. The molecule has 3 aromatic rings. The van der Waals surface area contributed by atoms with Gasteiger partial charge in [-0.2, -0.15) is 4.57 Å². The molecule has 2 saturated heterocycles. The first-order valence-corrected chi connectivity index (χ1v) is 8.44. The van der Waals surface area contributed by atoms with Crippen LogP contribution in [0.25, 0.3) is 21.8 Å². The van der Waals surface area contributed by atoms with Gasteiger partial charge in [0.15, 0.2) is 0 Å². The first kappa shape index (κ1) is 12.8. The van der Waals surface area contributed by atoms with Crippen LogP contribution < -0.4 is 38.3 Å². The minimum atomic E-state index is -2.22. The van der Waals surface area contributed by atoms with Crippen LogP contribution in [0.3, 0.4) is 0 Å². The molecule has 3 heterocycles. The van der Waals surface area contributed by atoms with Crippen molar-refractivity contribution in [2.24, 2.45) is 6.98 Å². The van der Waals surface area contributed by atoms with Crippen LogP contribution in [0.2, 0.25) is 0 Å². The lowest BCUT2D eigenvalue weighted by molar-refractivity contribution is -0.617. The van der Waals surface area contributed by atoms with Gasteiger partial charge >= 0.3 is 0 Å². The van der Waals surface area contributed by atoms with Crippen molar-refractivity contribution in [2.75, 3.05) is 36.0 Å². The topological polar surface area (TPSA) is 10.4 Å². The van der Waals surface area contributed by atoms with E-state index in [0.717, 1.165) is 59.4 Å². The van der Waals surface area contributed by atoms with Crippen molar-refractivity contribution in [2.45, 2.75) is 12.8 Å². The Morgan fingerprint density at radius 2 is 1.29 bits per heavy atom. The lowest BCUT2D eigenvalue weighted by atomic mass is 10.1. The number of rotatable bonds is 2. The number of nitrogens with zero attached hydrogens (tertiary/aromatic N) is 3. The maximum absolute atomic E-state index is 8.18. The molecular formula is C20H22IN3. The van der Waals surface area contributed by atoms with Crippen molar-refractivity contribution in [3.8, 4) is 0 Å². The number of hydrogen-bond acceptors (Lipinski definition) is 2. The van der Waals surface area contributed by atoms with Crippen LogP contribution in [0.15, 0.2) is 42.5 Å². The number of benzene rings is 2. The Morgan fingerprint density at radius 1 is 0.792 bits per heavy atom. The van der Waals surface area contributed by atoms with E-state index in [9.17, 15) is 0 Å². The molecule has 0 aliphatic carbocycles. The van der Waals surface area contributed by atoms with Crippen molar-refractivity contribution in [1.29, 1.82) is 0 Å². The normalized spacial score (nSPS) is 19.1. The van der Waals surface area contributed by atoms with Gasteiger partial charge in [-0.05, 0) is 43.2 Å². The minimum absolute atomic E-state index is 0. The number of fused-ring (bicyclic) bond motifs is 2. The molecule has 0 unspecified atom stereocenters. The molecule has 0 radical (unpaired) electrons. The molecule has 2 aliphatic rings. The Kier molecular flexibility index (Phi) is 3.22. The van der Waals surface area contributed by atoms with Crippen molar-refractivity contribution in [3.05, 3.63) is 42.5 Å². The van der Waals surface area contributed by atoms with E-state index in [1.54, 1.807) is 4.57 Å². The Labute approximate surface area is 164 Å². The fourth-order valence-corrected chi connectivity index (χ4v) is 3.54. The van der Waals surface area contributed by atoms with Crippen LogP contribution in [0, 0.1) is 0 Å². The van der Waals surface area contributed by atoms with E-state index in [1.165, 1.54) is 12.8 Å². The van der Waals surface area contributed by atoms with Crippen LogP contribution in [-0.4, -0.2) is 26.2 Å². The molecule has 3 nitrogen and oxygen atoms in total. The standard InChI is InChI=1S/C20H22N3.HI/c1-21-19-13-17(22-8-2-9-22)6-4-15(19)12-16-5-7-18(14-20(16)21)23-10-3-11-23;/h4-7,12-14H,2-3,8-11H2,1H3;1H/q+1;/p-1/i1D3;. The van der Waals surface area contributed by atoms with Gasteiger partial charge in [0.2, 0.25) is 11.0 Å². The Bertz CT molecular complexity index is 939. The van der Waals surface area contributed by atoms with Gasteiger partial charge in [-0.1, -0.05) is 0 Å². The lowest BCUT2D eigenvalue weighted by Crippen LogP contribution is -3.00. The monoisotopic (exact) mass is 434 g/mol. The molecule has 124 valence electrons. The average Bonchev–Trinajstić information content (AvgIpc) is 2.48. The van der Waals surface area contributed by atoms with E-state index in [0.29, 0.717) is 0 Å². The molecule has 2 aromatic carbocycles. The lowest BCUT2D eigenvalue weighted by Gasteiger charge is -2.33. The van der Waals surface area contributed by atoms with Gasteiger partial charge < -0.3 is 33.8 Å². The number of halogens is 1. The summed E-state index contributed by atoms with van der Waals surface area (Å²) in [4.78, 5) is 4.59. The molecule has 0 spiro atoms. The molecule has 0 saturated carbocycles. The zero-order valence-corrected chi connectivity index (χ0v) is 15.7. The van der Waals surface area contributed by atoms with Crippen molar-refractivity contribution >= 4 is 33.2 Å². The molecule has 2 aliphatic heterocycles. The van der Waals surface area contributed by atoms with Gasteiger partial charge in [-0.25, -0.2) is 0 Å². The summed E-state index contributed by atoms with van der Waals surface area (Å²) in [6, 6.07) is 14.5. The second-order valence-corrected chi connectivity index (χ2v) is 6.65. The molecule has 0 N–H and O–H groups in total. The van der Waals surface area contributed by atoms with Crippen LogP contribution in [-0.2, 0) is 6.98 Å². The molecule has 4 heteroatoms. The van der Waals surface area contributed by atoms with Crippen molar-refractivity contribution in [3.63, 3.8) is 0 Å². The molecular weight excluding hydrogens is 409 g/mol. The number of hydrogen-bond donors (Lipinski definition) is 0. The minimum Gasteiger partial charge on any atom is -1.00 e. The van der Waals surface area contributed by atoms with E-state index in [1.807, 2.05) is 24.3 Å². The number of aryl methyl sites for hydroxylation is 1. The Balaban J connectivity index is 0.00000180. The molecule has 24 heavy (non-hydrogen) atoms. The van der Waals surface area contributed by atoms with Crippen LogP contribution >= 0.6 is 0 Å². The van der Waals surface area contributed by atoms with Gasteiger partial charge in [0.05, 0.1) is 0 Å². The summed E-state index contributed by atoms with van der Waals surface area (Å²) in [6.07, 6.45) is 2.41. The van der Waals surface area contributed by atoms with E-state index >= 15 is 0 Å². The zero-order valence-electron chi connectivity index (χ0n) is 16.5. The third kappa shape index (κ3) is 2.42. The zero-order chi connectivity index (χ0) is 17.9. The van der Waals surface area contributed by atoms with Crippen molar-refractivity contribution in [1.82, 2.24) is 0 Å². The number of pyridine rings is 1. The summed E-state index contributed by atoms with van der Waals surface area (Å²) in [7, 11) is 0. The van der Waals surface area contributed by atoms with Gasteiger partial charge in [0.25, 0.3) is 0 Å². The average molecular weight is 434 g/mol. The molecule has 0 amide bonds. The van der Waals surface area contributed by atoms with Crippen LogP contribution in [0.1, 0.15) is 17.0 Å². The highest BCUT2D eigenvalue weighted by atomic mass is 127. The first-order chi connectivity index (χ1) is 12.5. The molecule has 5 rings (SSSR count). The summed E-state index contributed by atoms with van der Waals surface area (Å²) >= 11 is 0. The van der Waals surface area contributed by atoms with Gasteiger partial charge in [0, 0.05) is 60.5 Å². The smallest absolute Gasteiger partial charge is 0.214 e.